The minimum atomic E-state index is -0.469. The largest absolute Gasteiger partial charge is 0.444 e. The van der Waals surface area contributed by atoms with Crippen LogP contribution in [0, 0.1) is 0 Å². The van der Waals surface area contributed by atoms with Crippen LogP contribution in [-0.2, 0) is 9.47 Å². The SMILES string of the molecule is CCNC(=NCCCNC(=O)OC(C)(C)C)NCCCOC(C)C. The third-order valence-corrected chi connectivity index (χ3v) is 2.68. The molecular formula is C17H36N4O3. The van der Waals surface area contributed by atoms with Crippen LogP contribution in [0.1, 0.15) is 54.4 Å². The van der Waals surface area contributed by atoms with Crippen LogP contribution in [-0.4, -0.2) is 56.5 Å². The molecule has 24 heavy (non-hydrogen) atoms. The summed E-state index contributed by atoms with van der Waals surface area (Å²) in [4.78, 5) is 16.0. The molecule has 0 saturated carbocycles. The van der Waals surface area contributed by atoms with E-state index in [-0.39, 0.29) is 12.2 Å². The van der Waals surface area contributed by atoms with Crippen molar-refractivity contribution in [3.63, 3.8) is 0 Å². The van der Waals surface area contributed by atoms with Gasteiger partial charge in [0, 0.05) is 32.8 Å². The van der Waals surface area contributed by atoms with E-state index in [1.165, 1.54) is 0 Å². The van der Waals surface area contributed by atoms with Crippen molar-refractivity contribution in [1.82, 2.24) is 16.0 Å². The van der Waals surface area contributed by atoms with E-state index in [2.05, 4.69) is 20.9 Å². The molecule has 142 valence electrons. The molecule has 0 radical (unpaired) electrons. The fourth-order valence-corrected chi connectivity index (χ4v) is 1.71. The molecule has 0 aromatic heterocycles. The molecule has 7 nitrogen and oxygen atoms in total. The highest BCUT2D eigenvalue weighted by Gasteiger charge is 2.15. The lowest BCUT2D eigenvalue weighted by atomic mass is 10.2. The van der Waals surface area contributed by atoms with Crippen LogP contribution in [0.3, 0.4) is 0 Å². The van der Waals surface area contributed by atoms with Crippen molar-refractivity contribution in [2.45, 2.75) is 66.1 Å². The third-order valence-electron chi connectivity index (χ3n) is 2.68. The molecular weight excluding hydrogens is 308 g/mol. The van der Waals surface area contributed by atoms with Crippen LogP contribution >= 0.6 is 0 Å². The molecule has 0 heterocycles. The number of carbonyl (C=O) groups excluding carboxylic acids is 1. The standard InChI is InChI=1S/C17H36N4O3/c1-7-18-15(20-12-9-13-23-14(2)3)19-10-8-11-21-16(22)24-17(4,5)6/h14H,7-13H2,1-6H3,(H,21,22)(H2,18,19,20). The Kier molecular flexibility index (Phi) is 12.1. The van der Waals surface area contributed by atoms with Gasteiger partial charge < -0.3 is 25.4 Å². The van der Waals surface area contributed by atoms with E-state index in [9.17, 15) is 4.79 Å². The number of guanidine groups is 1. The van der Waals surface area contributed by atoms with Gasteiger partial charge in [-0.05, 0) is 54.4 Å². The van der Waals surface area contributed by atoms with E-state index in [0.717, 1.165) is 38.5 Å². The zero-order chi connectivity index (χ0) is 18.4. The highest BCUT2D eigenvalue weighted by Crippen LogP contribution is 2.06. The molecule has 7 heteroatoms. The molecule has 0 fully saturated rings. The van der Waals surface area contributed by atoms with Crippen molar-refractivity contribution in [3.8, 4) is 0 Å². The fraction of sp³-hybridized carbons (Fsp3) is 0.882. The number of ether oxygens (including phenoxy) is 2. The number of aliphatic imine (C=N–C) groups is 1. The summed E-state index contributed by atoms with van der Waals surface area (Å²) in [5, 5.41) is 9.20. The van der Waals surface area contributed by atoms with Gasteiger partial charge in [-0.3, -0.25) is 4.99 Å². The van der Waals surface area contributed by atoms with Gasteiger partial charge in [0.1, 0.15) is 5.60 Å². The summed E-state index contributed by atoms with van der Waals surface area (Å²) in [6.45, 7) is 15.2. The minimum absolute atomic E-state index is 0.268. The minimum Gasteiger partial charge on any atom is -0.444 e. The normalized spacial score (nSPS) is 12.2. The second-order valence-electron chi connectivity index (χ2n) is 6.74. The Hall–Kier alpha value is -1.50. The van der Waals surface area contributed by atoms with Gasteiger partial charge in [-0.1, -0.05) is 0 Å². The van der Waals surface area contributed by atoms with Crippen LogP contribution < -0.4 is 16.0 Å². The molecule has 3 N–H and O–H groups in total. The van der Waals surface area contributed by atoms with Gasteiger partial charge in [-0.15, -0.1) is 0 Å². The average molecular weight is 345 g/mol. The summed E-state index contributed by atoms with van der Waals surface area (Å²) in [6.07, 6.45) is 1.57. The van der Waals surface area contributed by atoms with Gasteiger partial charge in [0.25, 0.3) is 0 Å². The maximum Gasteiger partial charge on any atom is 0.407 e. The van der Waals surface area contributed by atoms with Crippen molar-refractivity contribution in [1.29, 1.82) is 0 Å². The van der Waals surface area contributed by atoms with E-state index in [0.29, 0.717) is 13.1 Å². The van der Waals surface area contributed by atoms with Crippen LogP contribution in [0.4, 0.5) is 4.79 Å². The highest BCUT2D eigenvalue weighted by atomic mass is 16.6. The summed E-state index contributed by atoms with van der Waals surface area (Å²) >= 11 is 0. The Bertz CT molecular complexity index is 365. The van der Waals surface area contributed by atoms with Crippen LogP contribution in [0.2, 0.25) is 0 Å². The zero-order valence-corrected chi connectivity index (χ0v) is 16.2. The summed E-state index contributed by atoms with van der Waals surface area (Å²) < 4.78 is 10.7. The number of amides is 1. The molecule has 1 amide bonds. The Labute approximate surface area is 147 Å². The van der Waals surface area contributed by atoms with Crippen LogP contribution in [0.5, 0.6) is 0 Å². The number of rotatable bonds is 10. The van der Waals surface area contributed by atoms with Gasteiger partial charge in [0.15, 0.2) is 5.96 Å². The van der Waals surface area contributed by atoms with E-state index in [4.69, 9.17) is 9.47 Å². The average Bonchev–Trinajstić information content (AvgIpc) is 2.44. The first-order valence-electron chi connectivity index (χ1n) is 8.85. The van der Waals surface area contributed by atoms with Gasteiger partial charge in [-0.2, -0.15) is 0 Å². The van der Waals surface area contributed by atoms with Gasteiger partial charge >= 0.3 is 6.09 Å². The molecule has 0 unspecified atom stereocenters. The molecule has 0 rings (SSSR count). The van der Waals surface area contributed by atoms with Gasteiger partial charge in [0.2, 0.25) is 0 Å². The number of alkyl carbamates (subject to hydrolysis) is 1. The number of hydrogen-bond donors (Lipinski definition) is 3. The van der Waals surface area contributed by atoms with E-state index < -0.39 is 5.60 Å². The van der Waals surface area contributed by atoms with E-state index in [1.807, 2.05) is 41.5 Å². The maximum absolute atomic E-state index is 11.5. The summed E-state index contributed by atoms with van der Waals surface area (Å²) in [5.74, 6) is 0.791. The monoisotopic (exact) mass is 344 g/mol. The Morgan fingerprint density at radius 2 is 1.75 bits per heavy atom. The predicted octanol–water partition coefficient (Wildman–Crippen LogP) is 2.27. The lowest BCUT2D eigenvalue weighted by molar-refractivity contribution is 0.0527. The third kappa shape index (κ3) is 15.4. The highest BCUT2D eigenvalue weighted by molar-refractivity contribution is 5.79. The first kappa shape index (κ1) is 22.5. The summed E-state index contributed by atoms with van der Waals surface area (Å²) in [7, 11) is 0. The molecule has 0 atom stereocenters. The predicted molar refractivity (Wildman–Crippen MR) is 98.5 cm³/mol. The van der Waals surface area contributed by atoms with Crippen molar-refractivity contribution >= 4 is 12.1 Å². The first-order chi connectivity index (χ1) is 11.2. The number of nitrogens with zero attached hydrogens (tertiary/aromatic N) is 1. The Balaban J connectivity index is 3.89. The molecule has 0 spiro atoms. The van der Waals surface area contributed by atoms with Crippen molar-refractivity contribution in [2.24, 2.45) is 4.99 Å². The zero-order valence-electron chi connectivity index (χ0n) is 16.2. The Morgan fingerprint density at radius 3 is 2.33 bits per heavy atom. The van der Waals surface area contributed by atoms with E-state index in [1.54, 1.807) is 0 Å². The van der Waals surface area contributed by atoms with Gasteiger partial charge in [-0.25, -0.2) is 4.79 Å². The molecule has 0 aliphatic heterocycles. The Morgan fingerprint density at radius 1 is 1.08 bits per heavy atom. The first-order valence-corrected chi connectivity index (χ1v) is 8.85. The molecule has 0 bridgehead atoms. The lowest BCUT2D eigenvalue weighted by Crippen LogP contribution is -2.38. The molecule has 0 aliphatic carbocycles. The summed E-state index contributed by atoms with van der Waals surface area (Å²) in [5.41, 5.74) is -0.469. The summed E-state index contributed by atoms with van der Waals surface area (Å²) in [6, 6.07) is 0. The van der Waals surface area contributed by atoms with Crippen LogP contribution in [0.25, 0.3) is 0 Å². The van der Waals surface area contributed by atoms with Crippen molar-refractivity contribution < 1.29 is 14.3 Å². The van der Waals surface area contributed by atoms with Crippen molar-refractivity contribution in [3.05, 3.63) is 0 Å². The quantitative estimate of drug-likeness (QED) is 0.322. The topological polar surface area (TPSA) is 84.0 Å². The molecule has 0 aromatic rings. The van der Waals surface area contributed by atoms with Crippen molar-refractivity contribution in [2.75, 3.05) is 32.8 Å². The second kappa shape index (κ2) is 12.9. The molecule has 0 aromatic carbocycles. The van der Waals surface area contributed by atoms with E-state index >= 15 is 0 Å². The fourth-order valence-electron chi connectivity index (χ4n) is 1.71. The molecule has 0 aliphatic rings. The number of nitrogens with one attached hydrogen (secondary N) is 3. The van der Waals surface area contributed by atoms with Crippen LogP contribution in [0.15, 0.2) is 4.99 Å². The number of hydrogen-bond acceptors (Lipinski definition) is 4. The molecule has 0 saturated heterocycles. The smallest absolute Gasteiger partial charge is 0.407 e. The number of carbonyl (C=O) groups is 1. The van der Waals surface area contributed by atoms with Gasteiger partial charge in [0.05, 0.1) is 6.10 Å². The second-order valence-corrected chi connectivity index (χ2v) is 6.74. The maximum atomic E-state index is 11.5. The lowest BCUT2D eigenvalue weighted by Gasteiger charge is -2.19.